The summed E-state index contributed by atoms with van der Waals surface area (Å²) in [5.41, 5.74) is 0.876. The molecule has 160 valence electrons. The zero-order valence-electron chi connectivity index (χ0n) is 17.3. The van der Waals surface area contributed by atoms with E-state index in [2.05, 4.69) is 5.32 Å². The molecule has 30 heavy (non-hydrogen) atoms. The van der Waals surface area contributed by atoms with Crippen LogP contribution in [0.2, 0.25) is 5.02 Å². The number of amides is 1. The number of rotatable bonds is 10. The highest BCUT2D eigenvalue weighted by Gasteiger charge is 2.27. The van der Waals surface area contributed by atoms with Crippen molar-refractivity contribution >= 4 is 29.3 Å². The monoisotopic (exact) mass is 431 g/mol. The van der Waals surface area contributed by atoms with Crippen LogP contribution in [-0.2, 0) is 9.53 Å². The summed E-state index contributed by atoms with van der Waals surface area (Å²) in [5.74, 6) is -0.691. The Morgan fingerprint density at radius 3 is 2.33 bits per heavy atom. The number of hydrogen-bond donors (Lipinski definition) is 1. The van der Waals surface area contributed by atoms with E-state index in [1.807, 2.05) is 13.8 Å². The van der Waals surface area contributed by atoms with Gasteiger partial charge in [0.15, 0.2) is 5.78 Å². The van der Waals surface area contributed by atoms with Crippen LogP contribution in [0, 0.1) is 5.92 Å². The molecule has 0 aliphatic rings. The molecule has 0 unspecified atom stereocenters. The van der Waals surface area contributed by atoms with Gasteiger partial charge in [-0.1, -0.05) is 44.0 Å². The average molecular weight is 432 g/mol. The number of nitrogens with one attached hydrogen (secondary N) is 1. The van der Waals surface area contributed by atoms with Crippen LogP contribution >= 0.6 is 11.6 Å². The van der Waals surface area contributed by atoms with Crippen molar-refractivity contribution in [2.45, 2.75) is 33.2 Å². The fraction of sp³-hybridized carbons (Fsp3) is 0.348. The normalized spacial score (nSPS) is 12.5. The smallest absolute Gasteiger partial charge is 0.329 e. The molecule has 2 rings (SSSR count). The summed E-state index contributed by atoms with van der Waals surface area (Å²) in [5, 5.41) is 3.27. The number of halogens is 1. The van der Waals surface area contributed by atoms with Crippen LogP contribution in [-0.4, -0.2) is 36.9 Å². The first-order chi connectivity index (χ1) is 14.3. The van der Waals surface area contributed by atoms with Gasteiger partial charge in [0.2, 0.25) is 0 Å². The average Bonchev–Trinajstić information content (AvgIpc) is 2.74. The third-order valence-corrected chi connectivity index (χ3v) is 4.96. The van der Waals surface area contributed by atoms with Crippen molar-refractivity contribution in [1.29, 1.82) is 0 Å². The van der Waals surface area contributed by atoms with E-state index < -0.39 is 12.0 Å². The lowest BCUT2D eigenvalue weighted by molar-refractivity contribution is -0.148. The van der Waals surface area contributed by atoms with E-state index in [-0.39, 0.29) is 30.8 Å². The highest BCUT2D eigenvalue weighted by Crippen LogP contribution is 2.18. The van der Waals surface area contributed by atoms with E-state index in [4.69, 9.17) is 21.1 Å². The molecule has 2 aromatic carbocycles. The standard InChI is InChI=1S/C23H26ClNO5/c1-4-15(2)21(25-22(27)17-9-11-18(24)12-10-17)23(28)30-14-13-29-20-8-6-5-7-19(20)16(3)26/h5-12,15,21H,4,13-14H2,1-3H3,(H,25,27)/t15-,21-/m0/s1. The topological polar surface area (TPSA) is 81.7 Å². The molecule has 0 spiro atoms. The maximum atomic E-state index is 12.6. The maximum absolute atomic E-state index is 12.6. The summed E-state index contributed by atoms with van der Waals surface area (Å²) in [6.45, 7) is 5.35. The van der Waals surface area contributed by atoms with Crippen molar-refractivity contribution in [3.8, 4) is 5.75 Å². The fourth-order valence-corrected chi connectivity index (χ4v) is 2.89. The molecule has 0 saturated heterocycles. The lowest BCUT2D eigenvalue weighted by Crippen LogP contribution is -2.46. The molecule has 2 atom stereocenters. The predicted molar refractivity (Wildman–Crippen MR) is 115 cm³/mol. The van der Waals surface area contributed by atoms with E-state index in [0.29, 0.717) is 28.3 Å². The first-order valence-electron chi connectivity index (χ1n) is 9.79. The molecule has 0 aliphatic carbocycles. The summed E-state index contributed by atoms with van der Waals surface area (Å²) >= 11 is 5.85. The molecule has 0 aliphatic heterocycles. The van der Waals surface area contributed by atoms with Gasteiger partial charge in [-0.2, -0.15) is 0 Å². The molecule has 1 amide bonds. The molecular formula is C23H26ClNO5. The second kappa shape index (κ2) is 11.4. The number of esters is 1. The third-order valence-electron chi connectivity index (χ3n) is 4.71. The van der Waals surface area contributed by atoms with E-state index in [1.165, 1.54) is 6.92 Å². The van der Waals surface area contributed by atoms with E-state index in [1.54, 1.807) is 48.5 Å². The molecule has 6 nitrogen and oxygen atoms in total. The van der Waals surface area contributed by atoms with Gasteiger partial charge in [-0.25, -0.2) is 4.79 Å². The number of Topliss-reactive ketones (excluding diaryl/α,β-unsaturated/α-hetero) is 1. The molecular weight excluding hydrogens is 406 g/mol. The van der Waals surface area contributed by atoms with Crippen LogP contribution in [0.15, 0.2) is 48.5 Å². The summed E-state index contributed by atoms with van der Waals surface area (Å²) < 4.78 is 10.9. The summed E-state index contributed by atoms with van der Waals surface area (Å²) in [6, 6.07) is 12.5. The van der Waals surface area contributed by atoms with Gasteiger partial charge in [0, 0.05) is 10.6 Å². The minimum atomic E-state index is -0.789. The Kier molecular flexibility index (Phi) is 8.87. The number of hydrogen-bond acceptors (Lipinski definition) is 5. The zero-order valence-corrected chi connectivity index (χ0v) is 18.1. The van der Waals surface area contributed by atoms with E-state index >= 15 is 0 Å². The summed E-state index contributed by atoms with van der Waals surface area (Å²) in [4.78, 5) is 36.7. The maximum Gasteiger partial charge on any atom is 0.329 e. The van der Waals surface area contributed by atoms with Crippen LogP contribution in [0.25, 0.3) is 0 Å². The minimum Gasteiger partial charge on any atom is -0.489 e. The first-order valence-corrected chi connectivity index (χ1v) is 10.2. The van der Waals surface area contributed by atoms with Crippen molar-refractivity contribution in [3.05, 3.63) is 64.7 Å². The van der Waals surface area contributed by atoms with Gasteiger partial charge >= 0.3 is 5.97 Å². The largest absolute Gasteiger partial charge is 0.489 e. The summed E-state index contributed by atoms with van der Waals surface area (Å²) in [6.07, 6.45) is 0.684. The van der Waals surface area contributed by atoms with Gasteiger partial charge in [-0.3, -0.25) is 9.59 Å². The molecule has 2 aromatic rings. The number of ketones is 1. The number of carbonyl (C=O) groups is 3. The van der Waals surface area contributed by atoms with Crippen molar-refractivity contribution in [1.82, 2.24) is 5.32 Å². The second-order valence-electron chi connectivity index (χ2n) is 6.91. The van der Waals surface area contributed by atoms with Crippen LogP contribution in [0.5, 0.6) is 5.75 Å². The highest BCUT2D eigenvalue weighted by atomic mass is 35.5. The molecule has 0 saturated carbocycles. The number of benzene rings is 2. The summed E-state index contributed by atoms with van der Waals surface area (Å²) in [7, 11) is 0. The molecule has 0 aromatic heterocycles. The Morgan fingerprint density at radius 2 is 1.70 bits per heavy atom. The van der Waals surface area contributed by atoms with Gasteiger partial charge in [-0.05, 0) is 49.2 Å². The number of carbonyl (C=O) groups excluding carboxylic acids is 3. The Hall–Kier alpha value is -2.86. The molecule has 7 heteroatoms. The van der Waals surface area contributed by atoms with Crippen LogP contribution < -0.4 is 10.1 Å². The Labute approximate surface area is 181 Å². The molecule has 1 N–H and O–H groups in total. The quantitative estimate of drug-likeness (QED) is 0.344. The van der Waals surface area contributed by atoms with Gasteiger partial charge in [0.1, 0.15) is 25.0 Å². The first kappa shape index (κ1) is 23.4. The molecule has 0 fully saturated rings. The molecule has 0 heterocycles. The predicted octanol–water partition coefficient (Wildman–Crippen LogP) is 4.31. The van der Waals surface area contributed by atoms with Gasteiger partial charge in [-0.15, -0.1) is 0 Å². The lowest BCUT2D eigenvalue weighted by Gasteiger charge is -2.23. The van der Waals surface area contributed by atoms with Gasteiger partial charge in [0.25, 0.3) is 5.91 Å². The zero-order chi connectivity index (χ0) is 22.1. The fourth-order valence-electron chi connectivity index (χ4n) is 2.76. The molecule has 0 bridgehead atoms. The SMILES string of the molecule is CC[C@H](C)[C@H](NC(=O)c1ccc(Cl)cc1)C(=O)OCCOc1ccccc1C(C)=O. The van der Waals surface area contributed by atoms with Gasteiger partial charge < -0.3 is 14.8 Å². The minimum absolute atomic E-state index is 0.00514. The van der Waals surface area contributed by atoms with Crippen molar-refractivity contribution in [3.63, 3.8) is 0 Å². The van der Waals surface area contributed by atoms with Gasteiger partial charge in [0.05, 0.1) is 5.56 Å². The Bertz CT molecular complexity index is 881. The number of para-hydroxylation sites is 1. The van der Waals surface area contributed by atoms with Crippen LogP contribution in [0.3, 0.4) is 0 Å². The lowest BCUT2D eigenvalue weighted by atomic mass is 9.99. The number of ether oxygens (including phenoxy) is 2. The highest BCUT2D eigenvalue weighted by molar-refractivity contribution is 6.30. The van der Waals surface area contributed by atoms with E-state index in [9.17, 15) is 14.4 Å². The van der Waals surface area contributed by atoms with E-state index in [0.717, 1.165) is 0 Å². The van der Waals surface area contributed by atoms with Crippen LogP contribution in [0.1, 0.15) is 47.9 Å². The van der Waals surface area contributed by atoms with Crippen molar-refractivity contribution in [2.75, 3.05) is 13.2 Å². The van der Waals surface area contributed by atoms with Crippen molar-refractivity contribution < 1.29 is 23.9 Å². The Balaban J connectivity index is 1.93. The van der Waals surface area contributed by atoms with Crippen molar-refractivity contribution in [2.24, 2.45) is 5.92 Å². The third kappa shape index (κ3) is 6.59. The van der Waals surface area contributed by atoms with Crippen LogP contribution in [0.4, 0.5) is 0 Å². The Morgan fingerprint density at radius 1 is 1.03 bits per heavy atom. The molecule has 0 radical (unpaired) electrons. The second-order valence-corrected chi connectivity index (χ2v) is 7.35.